The Balaban J connectivity index is 1.49. The molecule has 0 spiro atoms. The van der Waals surface area contributed by atoms with E-state index in [1.54, 1.807) is 0 Å². The molecule has 0 saturated carbocycles. The number of sulfonamides is 1. The van der Waals surface area contributed by atoms with Crippen molar-refractivity contribution in [1.29, 1.82) is 0 Å². The molecule has 32 heavy (non-hydrogen) atoms. The first-order valence-electron chi connectivity index (χ1n) is 9.91. The summed E-state index contributed by atoms with van der Waals surface area (Å²) in [6, 6.07) is 12.4. The maximum Gasteiger partial charge on any atom is 0.267 e. The number of benzene rings is 2. The van der Waals surface area contributed by atoms with E-state index in [0.717, 1.165) is 34.7 Å². The molecule has 0 aliphatic carbocycles. The van der Waals surface area contributed by atoms with E-state index in [0.29, 0.717) is 13.1 Å². The molecule has 2 heterocycles. The van der Waals surface area contributed by atoms with Crippen molar-refractivity contribution in [1.82, 2.24) is 4.31 Å². The van der Waals surface area contributed by atoms with E-state index in [2.05, 4.69) is 16.3 Å². The van der Waals surface area contributed by atoms with Gasteiger partial charge in [-0.3, -0.25) is 4.79 Å². The normalized spacial score (nSPS) is 15.0. The summed E-state index contributed by atoms with van der Waals surface area (Å²) in [7, 11) is -3.89. The maximum atomic E-state index is 13.4. The van der Waals surface area contributed by atoms with Crippen LogP contribution in [0.3, 0.4) is 0 Å². The van der Waals surface area contributed by atoms with Gasteiger partial charge in [-0.25, -0.2) is 17.2 Å². The summed E-state index contributed by atoms with van der Waals surface area (Å²) in [4.78, 5) is 14.7. The second kappa shape index (κ2) is 8.97. The Morgan fingerprint density at radius 1 is 1.00 bits per heavy atom. The zero-order valence-corrected chi connectivity index (χ0v) is 18.8. The molecule has 1 N–H and O–H groups in total. The van der Waals surface area contributed by atoms with Gasteiger partial charge in [0, 0.05) is 43.6 Å². The van der Waals surface area contributed by atoms with Gasteiger partial charge in [-0.2, -0.15) is 4.31 Å². The fraction of sp³-hybridized carbons (Fsp3) is 0.227. The largest absolute Gasteiger partial charge is 0.369 e. The fourth-order valence-electron chi connectivity index (χ4n) is 3.58. The minimum absolute atomic E-state index is 0.00385. The molecule has 1 amide bonds. The quantitative estimate of drug-likeness (QED) is 0.601. The molecule has 1 aromatic heterocycles. The topological polar surface area (TPSA) is 69.7 Å². The van der Waals surface area contributed by atoms with E-state index >= 15 is 0 Å². The number of carbonyl (C=O) groups excluding carboxylic acids is 1. The van der Waals surface area contributed by atoms with Crippen LogP contribution in [0.25, 0.3) is 0 Å². The van der Waals surface area contributed by atoms with Crippen LogP contribution in [-0.4, -0.2) is 44.8 Å². The summed E-state index contributed by atoms with van der Waals surface area (Å²) in [6.45, 7) is 3.65. The van der Waals surface area contributed by atoms with Gasteiger partial charge in [-0.15, -0.1) is 11.3 Å². The molecule has 1 aliphatic heterocycles. The van der Waals surface area contributed by atoms with Crippen molar-refractivity contribution in [3.8, 4) is 0 Å². The van der Waals surface area contributed by atoms with E-state index in [1.165, 1.54) is 21.8 Å². The van der Waals surface area contributed by atoms with E-state index < -0.39 is 27.6 Å². The van der Waals surface area contributed by atoms with Crippen LogP contribution in [-0.2, 0) is 10.0 Å². The van der Waals surface area contributed by atoms with Crippen molar-refractivity contribution < 1.29 is 22.0 Å². The van der Waals surface area contributed by atoms with Gasteiger partial charge in [0.15, 0.2) is 11.6 Å². The molecular weight excluding hydrogens is 456 g/mol. The number of anilines is 2. The van der Waals surface area contributed by atoms with Gasteiger partial charge in [0.2, 0.25) is 10.0 Å². The Labute approximate surface area is 189 Å². The lowest BCUT2D eigenvalue weighted by molar-refractivity contribution is 0.102. The smallest absolute Gasteiger partial charge is 0.267 e. The van der Waals surface area contributed by atoms with Crippen molar-refractivity contribution in [2.75, 3.05) is 36.4 Å². The fourth-order valence-corrected chi connectivity index (χ4v) is 6.30. The average Bonchev–Trinajstić information content (AvgIpc) is 3.28. The predicted octanol–water partition coefficient (Wildman–Crippen LogP) is 4.10. The summed E-state index contributed by atoms with van der Waals surface area (Å²) in [5.41, 5.74) is 2.22. The number of halogens is 2. The number of piperazine rings is 1. The second-order valence-corrected chi connectivity index (χ2v) is 10.2. The predicted molar refractivity (Wildman–Crippen MR) is 121 cm³/mol. The number of thiophene rings is 1. The summed E-state index contributed by atoms with van der Waals surface area (Å²) in [5.74, 6) is -2.83. The maximum absolute atomic E-state index is 13.4. The number of rotatable bonds is 5. The Morgan fingerprint density at radius 3 is 2.44 bits per heavy atom. The standard InChI is InChI=1S/C22H21F2N3O3S2/c1-15-3-2-4-17(13-15)26-8-10-27(11-9-26)32(29,30)20-7-12-31-21(20)22(28)25-16-5-6-18(23)19(24)14-16/h2-7,12-14H,8-11H2,1H3,(H,25,28). The van der Waals surface area contributed by atoms with Crippen LogP contribution in [0.2, 0.25) is 0 Å². The van der Waals surface area contributed by atoms with E-state index in [-0.39, 0.29) is 28.5 Å². The monoisotopic (exact) mass is 477 g/mol. The number of hydrogen-bond acceptors (Lipinski definition) is 5. The summed E-state index contributed by atoms with van der Waals surface area (Å²) >= 11 is 0.978. The lowest BCUT2D eigenvalue weighted by atomic mass is 10.2. The highest BCUT2D eigenvalue weighted by Gasteiger charge is 2.32. The SMILES string of the molecule is Cc1cccc(N2CCN(S(=O)(=O)c3ccsc3C(=O)Nc3ccc(F)c(F)c3)CC2)c1. The number of nitrogens with one attached hydrogen (secondary N) is 1. The van der Waals surface area contributed by atoms with Crippen LogP contribution in [0, 0.1) is 18.6 Å². The molecule has 3 aromatic rings. The molecule has 4 rings (SSSR count). The molecule has 0 unspecified atom stereocenters. The third kappa shape index (κ3) is 4.52. The summed E-state index contributed by atoms with van der Waals surface area (Å²) in [5, 5.41) is 3.96. The van der Waals surface area contributed by atoms with Crippen LogP contribution >= 0.6 is 11.3 Å². The van der Waals surface area contributed by atoms with E-state index in [4.69, 9.17) is 0 Å². The molecule has 2 aromatic carbocycles. The van der Waals surface area contributed by atoms with Crippen molar-refractivity contribution in [3.63, 3.8) is 0 Å². The van der Waals surface area contributed by atoms with Gasteiger partial charge in [-0.05, 0) is 48.2 Å². The number of aryl methyl sites for hydroxylation is 1. The third-order valence-corrected chi connectivity index (χ3v) is 8.22. The van der Waals surface area contributed by atoms with Crippen LogP contribution in [0.15, 0.2) is 58.8 Å². The minimum atomic E-state index is -3.89. The number of carbonyl (C=O) groups is 1. The summed E-state index contributed by atoms with van der Waals surface area (Å²) < 4.78 is 54.4. The summed E-state index contributed by atoms with van der Waals surface area (Å²) in [6.07, 6.45) is 0. The highest BCUT2D eigenvalue weighted by Crippen LogP contribution is 2.28. The molecule has 6 nitrogen and oxygen atoms in total. The zero-order chi connectivity index (χ0) is 22.9. The molecule has 0 bridgehead atoms. The molecule has 1 aliphatic rings. The van der Waals surface area contributed by atoms with Gasteiger partial charge in [-0.1, -0.05) is 12.1 Å². The first-order valence-corrected chi connectivity index (χ1v) is 12.2. The first kappa shape index (κ1) is 22.4. The Bertz CT molecular complexity index is 1250. The van der Waals surface area contributed by atoms with Crippen molar-refractivity contribution in [2.24, 2.45) is 0 Å². The van der Waals surface area contributed by atoms with Crippen LogP contribution in [0.5, 0.6) is 0 Å². The van der Waals surface area contributed by atoms with Crippen LogP contribution in [0.4, 0.5) is 20.2 Å². The number of nitrogens with zero attached hydrogens (tertiary/aromatic N) is 2. The van der Waals surface area contributed by atoms with Gasteiger partial charge >= 0.3 is 0 Å². The Hall–Kier alpha value is -2.82. The average molecular weight is 478 g/mol. The van der Waals surface area contributed by atoms with E-state index in [9.17, 15) is 22.0 Å². The molecule has 1 fully saturated rings. The Kier molecular flexibility index (Phi) is 6.27. The van der Waals surface area contributed by atoms with Gasteiger partial charge < -0.3 is 10.2 Å². The first-order chi connectivity index (χ1) is 15.3. The number of hydrogen-bond donors (Lipinski definition) is 1. The van der Waals surface area contributed by atoms with Crippen molar-refractivity contribution in [3.05, 3.63) is 76.0 Å². The third-order valence-electron chi connectivity index (χ3n) is 5.24. The van der Waals surface area contributed by atoms with Gasteiger partial charge in [0.25, 0.3) is 5.91 Å². The molecule has 10 heteroatoms. The Morgan fingerprint density at radius 2 is 1.75 bits per heavy atom. The van der Waals surface area contributed by atoms with Crippen molar-refractivity contribution >= 4 is 38.6 Å². The molecular formula is C22H21F2N3O3S2. The van der Waals surface area contributed by atoms with E-state index in [1.807, 2.05) is 25.1 Å². The second-order valence-electron chi connectivity index (χ2n) is 7.43. The zero-order valence-electron chi connectivity index (χ0n) is 17.2. The van der Waals surface area contributed by atoms with Crippen LogP contribution in [0.1, 0.15) is 15.2 Å². The minimum Gasteiger partial charge on any atom is -0.369 e. The lowest BCUT2D eigenvalue weighted by Crippen LogP contribution is -2.48. The molecule has 1 saturated heterocycles. The van der Waals surface area contributed by atoms with Gasteiger partial charge in [0.1, 0.15) is 9.77 Å². The van der Waals surface area contributed by atoms with Crippen LogP contribution < -0.4 is 10.2 Å². The van der Waals surface area contributed by atoms with Crippen molar-refractivity contribution in [2.45, 2.75) is 11.8 Å². The molecule has 168 valence electrons. The molecule has 0 radical (unpaired) electrons. The van der Waals surface area contributed by atoms with Gasteiger partial charge in [0.05, 0.1) is 0 Å². The number of amides is 1. The molecule has 0 atom stereocenters. The lowest BCUT2D eigenvalue weighted by Gasteiger charge is -2.35. The highest BCUT2D eigenvalue weighted by atomic mass is 32.2. The highest BCUT2D eigenvalue weighted by molar-refractivity contribution is 7.89.